The number of nitrogens with zero attached hydrogens (tertiary/aromatic N) is 2. The lowest BCUT2D eigenvalue weighted by molar-refractivity contribution is -0.109. The van der Waals surface area contributed by atoms with Crippen LogP contribution in [-0.2, 0) is 24.1 Å². The summed E-state index contributed by atoms with van der Waals surface area (Å²) in [6, 6.07) is 33.6. The highest BCUT2D eigenvalue weighted by atomic mass is 16.5. The summed E-state index contributed by atoms with van der Waals surface area (Å²) in [4.78, 5) is 2.46. The lowest BCUT2D eigenvalue weighted by Gasteiger charge is -2.38. The van der Waals surface area contributed by atoms with Crippen molar-refractivity contribution in [3.63, 3.8) is 0 Å². The van der Waals surface area contributed by atoms with E-state index in [0.717, 1.165) is 32.6 Å². The SMILES string of the molecule is CC1(Cn2c3ccccc3c3cc(N4c5ccccc5CCc5ccccc54)ccc32)COC1. The largest absolute Gasteiger partial charge is 0.380 e. The minimum Gasteiger partial charge on any atom is -0.380 e. The van der Waals surface area contributed by atoms with Crippen molar-refractivity contribution >= 4 is 38.9 Å². The molecule has 3 heteroatoms. The summed E-state index contributed by atoms with van der Waals surface area (Å²) in [5, 5.41) is 2.63. The Bertz CT molecular complexity index is 1490. The van der Waals surface area contributed by atoms with Crippen molar-refractivity contribution in [3.8, 4) is 0 Å². The number of fused-ring (bicyclic) bond motifs is 5. The topological polar surface area (TPSA) is 17.4 Å². The van der Waals surface area contributed by atoms with Crippen LogP contribution in [0.15, 0.2) is 91.0 Å². The fourth-order valence-electron chi connectivity index (χ4n) is 5.83. The Morgan fingerprint density at radius 3 is 2.00 bits per heavy atom. The van der Waals surface area contributed by atoms with Gasteiger partial charge in [0.2, 0.25) is 0 Å². The molecule has 0 atom stereocenters. The van der Waals surface area contributed by atoms with Crippen molar-refractivity contribution < 1.29 is 4.74 Å². The van der Waals surface area contributed by atoms with Crippen molar-refractivity contribution in [2.24, 2.45) is 5.41 Å². The van der Waals surface area contributed by atoms with Crippen molar-refractivity contribution in [1.82, 2.24) is 4.57 Å². The summed E-state index contributed by atoms with van der Waals surface area (Å²) in [7, 11) is 0. The molecule has 0 saturated carbocycles. The Morgan fingerprint density at radius 1 is 0.706 bits per heavy atom. The van der Waals surface area contributed by atoms with E-state index in [0.29, 0.717) is 0 Å². The van der Waals surface area contributed by atoms with Crippen molar-refractivity contribution in [2.45, 2.75) is 26.3 Å². The van der Waals surface area contributed by atoms with Gasteiger partial charge in [-0.25, -0.2) is 0 Å². The molecule has 1 saturated heterocycles. The van der Waals surface area contributed by atoms with Gasteiger partial charge in [0, 0.05) is 50.8 Å². The molecule has 168 valence electrons. The summed E-state index contributed by atoms with van der Waals surface area (Å²) in [5.74, 6) is 0. The van der Waals surface area contributed by atoms with E-state index in [2.05, 4.69) is 107 Å². The first kappa shape index (κ1) is 19.9. The molecule has 7 rings (SSSR count). The number of hydrogen-bond donors (Lipinski definition) is 0. The van der Waals surface area contributed by atoms with Gasteiger partial charge in [-0.15, -0.1) is 0 Å². The third kappa shape index (κ3) is 3.00. The van der Waals surface area contributed by atoms with Gasteiger partial charge in [0.15, 0.2) is 0 Å². The Kier molecular flexibility index (Phi) is 4.37. The summed E-state index contributed by atoms with van der Waals surface area (Å²) in [6.07, 6.45) is 2.12. The zero-order valence-corrected chi connectivity index (χ0v) is 19.5. The van der Waals surface area contributed by atoms with Crippen LogP contribution in [0.4, 0.5) is 17.1 Å². The van der Waals surface area contributed by atoms with Gasteiger partial charge < -0.3 is 14.2 Å². The quantitative estimate of drug-likeness (QED) is 0.288. The molecule has 0 unspecified atom stereocenters. The number of aryl methyl sites for hydroxylation is 2. The van der Waals surface area contributed by atoms with Gasteiger partial charge in [-0.1, -0.05) is 61.5 Å². The lowest BCUT2D eigenvalue weighted by atomic mass is 9.88. The van der Waals surface area contributed by atoms with Crippen LogP contribution in [0.3, 0.4) is 0 Å². The summed E-state index contributed by atoms with van der Waals surface area (Å²) in [5.41, 5.74) is 9.41. The predicted molar refractivity (Wildman–Crippen MR) is 140 cm³/mol. The molecule has 2 aliphatic rings. The van der Waals surface area contributed by atoms with Crippen LogP contribution in [0.1, 0.15) is 18.1 Å². The van der Waals surface area contributed by atoms with Crippen molar-refractivity contribution in [2.75, 3.05) is 18.1 Å². The second-order valence-electron chi connectivity index (χ2n) is 10.2. The molecule has 0 aliphatic carbocycles. The number of ether oxygens (including phenoxy) is 1. The van der Waals surface area contributed by atoms with Crippen molar-refractivity contribution in [1.29, 1.82) is 0 Å². The number of hydrogen-bond acceptors (Lipinski definition) is 2. The lowest BCUT2D eigenvalue weighted by Crippen LogP contribution is -2.43. The van der Waals surface area contributed by atoms with Crippen molar-refractivity contribution in [3.05, 3.63) is 102 Å². The molecule has 3 nitrogen and oxygen atoms in total. The molecule has 0 N–H and O–H groups in total. The first-order valence-corrected chi connectivity index (χ1v) is 12.2. The monoisotopic (exact) mass is 444 g/mol. The first-order chi connectivity index (χ1) is 16.7. The summed E-state index contributed by atoms with van der Waals surface area (Å²) >= 11 is 0. The van der Waals surface area contributed by atoms with E-state index in [1.54, 1.807) is 0 Å². The molecular formula is C31H28N2O. The fraction of sp³-hybridized carbons (Fsp3) is 0.226. The fourth-order valence-corrected chi connectivity index (χ4v) is 5.83. The number of aromatic nitrogens is 1. The van der Waals surface area contributed by atoms with Gasteiger partial charge in [-0.3, -0.25) is 0 Å². The first-order valence-electron chi connectivity index (χ1n) is 12.2. The molecule has 5 aromatic rings. The van der Waals surface area contributed by atoms with Crippen LogP contribution >= 0.6 is 0 Å². The van der Waals surface area contributed by atoms with Gasteiger partial charge in [-0.2, -0.15) is 0 Å². The number of para-hydroxylation sites is 3. The minimum atomic E-state index is 0.204. The van der Waals surface area contributed by atoms with Gasteiger partial charge in [0.05, 0.1) is 13.2 Å². The maximum atomic E-state index is 5.57. The van der Waals surface area contributed by atoms with Crippen LogP contribution in [0.2, 0.25) is 0 Å². The van der Waals surface area contributed by atoms with E-state index in [-0.39, 0.29) is 5.41 Å². The van der Waals surface area contributed by atoms with Gasteiger partial charge >= 0.3 is 0 Å². The molecule has 0 radical (unpaired) electrons. The Labute approximate surface area is 200 Å². The highest BCUT2D eigenvalue weighted by molar-refractivity contribution is 6.09. The third-order valence-electron chi connectivity index (χ3n) is 7.58. The van der Waals surface area contributed by atoms with Crippen LogP contribution < -0.4 is 4.90 Å². The summed E-state index contributed by atoms with van der Waals surface area (Å²) < 4.78 is 8.07. The zero-order chi connectivity index (χ0) is 22.7. The maximum absolute atomic E-state index is 5.57. The predicted octanol–water partition coefficient (Wildman–Crippen LogP) is 7.40. The summed E-state index contributed by atoms with van der Waals surface area (Å²) in [6.45, 7) is 4.98. The molecular weight excluding hydrogens is 416 g/mol. The highest BCUT2D eigenvalue weighted by Gasteiger charge is 2.34. The maximum Gasteiger partial charge on any atom is 0.0559 e. The van der Waals surface area contributed by atoms with E-state index < -0.39 is 0 Å². The molecule has 3 heterocycles. The normalized spacial score (nSPS) is 16.7. The van der Waals surface area contributed by atoms with E-state index >= 15 is 0 Å². The van der Waals surface area contributed by atoms with Gasteiger partial charge in [-0.05, 0) is 60.4 Å². The Morgan fingerprint density at radius 2 is 1.32 bits per heavy atom. The molecule has 2 aliphatic heterocycles. The molecule has 4 aromatic carbocycles. The van der Waals surface area contributed by atoms with Crippen LogP contribution in [0.25, 0.3) is 21.8 Å². The van der Waals surface area contributed by atoms with E-state index in [1.165, 1.54) is 50.0 Å². The molecule has 1 aromatic heterocycles. The van der Waals surface area contributed by atoms with Gasteiger partial charge in [0.1, 0.15) is 0 Å². The average molecular weight is 445 g/mol. The van der Waals surface area contributed by atoms with Crippen LogP contribution in [0, 0.1) is 5.41 Å². The smallest absolute Gasteiger partial charge is 0.0559 e. The minimum absolute atomic E-state index is 0.204. The zero-order valence-electron chi connectivity index (χ0n) is 19.5. The highest BCUT2D eigenvalue weighted by Crippen LogP contribution is 2.44. The van der Waals surface area contributed by atoms with Crippen LogP contribution in [0.5, 0.6) is 0 Å². The molecule has 1 fully saturated rings. The molecule has 0 amide bonds. The number of anilines is 3. The number of rotatable bonds is 3. The second kappa shape index (κ2) is 7.48. The standard InChI is InChI=1S/C31H28N2O/c1-31(20-34-21-31)19-32-29-13-7-4-10-25(29)26-18-24(16-17-30(26)32)33-27-11-5-2-8-22(27)14-15-23-9-3-6-12-28(23)33/h2-13,16-18H,14-15,19-21H2,1H3. The molecule has 0 bridgehead atoms. The Hall–Kier alpha value is -3.56. The second-order valence-corrected chi connectivity index (χ2v) is 10.2. The van der Waals surface area contributed by atoms with E-state index in [4.69, 9.17) is 4.74 Å². The average Bonchev–Trinajstić information content (AvgIpc) is 3.05. The number of benzene rings is 4. The van der Waals surface area contributed by atoms with Crippen LogP contribution in [-0.4, -0.2) is 17.8 Å². The molecule has 34 heavy (non-hydrogen) atoms. The van der Waals surface area contributed by atoms with E-state index in [1.807, 2.05) is 0 Å². The van der Waals surface area contributed by atoms with Gasteiger partial charge in [0.25, 0.3) is 0 Å². The third-order valence-corrected chi connectivity index (χ3v) is 7.58. The molecule has 0 spiro atoms. The Balaban J connectivity index is 1.46. The van der Waals surface area contributed by atoms with E-state index in [9.17, 15) is 0 Å².